The van der Waals surface area contributed by atoms with E-state index in [1.807, 2.05) is 48.5 Å². The van der Waals surface area contributed by atoms with E-state index in [0.29, 0.717) is 13.1 Å². The van der Waals surface area contributed by atoms with E-state index in [-0.39, 0.29) is 13.2 Å². The average molecular weight is 356 g/mol. The van der Waals surface area contributed by atoms with Gasteiger partial charge in [0.15, 0.2) is 0 Å². The molecule has 2 N–H and O–H groups in total. The summed E-state index contributed by atoms with van der Waals surface area (Å²) < 4.78 is 0. The monoisotopic (exact) mass is 356 g/mol. The molecule has 2 aromatic carbocycles. The minimum absolute atomic E-state index is 0.0434. The number of nitrogens with zero attached hydrogens (tertiary/aromatic N) is 6. The molecular weight excluding hydrogens is 332 g/mol. The van der Waals surface area contributed by atoms with E-state index in [9.17, 15) is 0 Å². The zero-order valence-electron chi connectivity index (χ0n) is 15.0. The molecule has 0 aromatic heterocycles. The minimum atomic E-state index is 0.0434. The third-order valence-electron chi connectivity index (χ3n) is 3.54. The van der Waals surface area contributed by atoms with Gasteiger partial charge in [0.1, 0.15) is 0 Å². The van der Waals surface area contributed by atoms with Gasteiger partial charge in [0, 0.05) is 14.1 Å². The zero-order chi connectivity index (χ0) is 18.8. The van der Waals surface area contributed by atoms with Gasteiger partial charge in [-0.3, -0.25) is 10.0 Å². The molecule has 8 heteroatoms. The van der Waals surface area contributed by atoms with Gasteiger partial charge >= 0.3 is 0 Å². The molecule has 0 spiro atoms. The average Bonchev–Trinajstić information content (AvgIpc) is 2.66. The first-order valence-corrected chi connectivity index (χ1v) is 8.30. The molecule has 8 nitrogen and oxygen atoms in total. The van der Waals surface area contributed by atoms with E-state index in [2.05, 4.69) is 20.7 Å². The summed E-state index contributed by atoms with van der Waals surface area (Å²) in [5, 5.41) is 37.1. The van der Waals surface area contributed by atoms with E-state index >= 15 is 0 Å². The van der Waals surface area contributed by atoms with Crippen molar-refractivity contribution in [2.45, 2.75) is 0 Å². The standard InChI is InChI=1S/C18H24N6O2/c1-23(11-13-25)21-19-17-7-3-15(4-8-17)16-5-9-18(10-6-16)20-22-24(2)12-14-26/h3-10,25-26H,11-14H2,1-2H3. The quantitative estimate of drug-likeness (QED) is 0.533. The van der Waals surface area contributed by atoms with Crippen molar-refractivity contribution < 1.29 is 10.2 Å². The van der Waals surface area contributed by atoms with Crippen LogP contribution in [0.4, 0.5) is 11.4 Å². The smallest absolute Gasteiger partial charge is 0.0874 e. The number of benzene rings is 2. The number of aliphatic hydroxyl groups excluding tert-OH is 2. The summed E-state index contributed by atoms with van der Waals surface area (Å²) in [6.45, 7) is 0.978. The summed E-state index contributed by atoms with van der Waals surface area (Å²) in [6.07, 6.45) is 0. The van der Waals surface area contributed by atoms with Crippen molar-refractivity contribution in [1.82, 2.24) is 10.0 Å². The lowest BCUT2D eigenvalue weighted by Crippen LogP contribution is -2.14. The van der Waals surface area contributed by atoms with Gasteiger partial charge in [0.25, 0.3) is 0 Å². The molecule has 0 amide bonds. The first kappa shape index (κ1) is 19.5. The maximum absolute atomic E-state index is 8.83. The number of hydrogen-bond acceptors (Lipinski definition) is 6. The van der Waals surface area contributed by atoms with Crippen molar-refractivity contribution in [2.75, 3.05) is 40.4 Å². The Morgan fingerprint density at radius 3 is 1.31 bits per heavy atom. The summed E-state index contributed by atoms with van der Waals surface area (Å²) in [4.78, 5) is 0. The fourth-order valence-electron chi connectivity index (χ4n) is 2.08. The molecule has 2 aromatic rings. The Morgan fingerprint density at radius 2 is 1.00 bits per heavy atom. The Morgan fingerprint density at radius 1 is 0.654 bits per heavy atom. The van der Waals surface area contributed by atoms with Gasteiger partial charge in [-0.15, -0.1) is 10.2 Å². The summed E-state index contributed by atoms with van der Waals surface area (Å²) in [5.74, 6) is 0. The predicted octanol–water partition coefficient (Wildman–Crippen LogP) is 3.20. The Balaban J connectivity index is 2.00. The normalized spacial score (nSPS) is 11.4. The maximum atomic E-state index is 8.83. The van der Waals surface area contributed by atoms with Crippen LogP contribution in [0.2, 0.25) is 0 Å². The van der Waals surface area contributed by atoms with Gasteiger partial charge in [-0.25, -0.2) is 0 Å². The van der Waals surface area contributed by atoms with Crippen molar-refractivity contribution in [1.29, 1.82) is 0 Å². The Hall–Kier alpha value is -2.84. The first-order chi connectivity index (χ1) is 12.6. The van der Waals surface area contributed by atoms with Gasteiger partial charge < -0.3 is 10.2 Å². The molecule has 0 fully saturated rings. The van der Waals surface area contributed by atoms with Crippen molar-refractivity contribution >= 4 is 11.4 Å². The van der Waals surface area contributed by atoms with E-state index in [1.54, 1.807) is 24.1 Å². The lowest BCUT2D eigenvalue weighted by molar-refractivity contribution is 0.219. The third kappa shape index (κ3) is 6.23. The summed E-state index contributed by atoms with van der Waals surface area (Å²) in [7, 11) is 3.52. The van der Waals surface area contributed by atoms with Gasteiger partial charge in [-0.05, 0) is 35.4 Å². The van der Waals surface area contributed by atoms with E-state index < -0.39 is 0 Å². The van der Waals surface area contributed by atoms with Crippen LogP contribution < -0.4 is 0 Å². The maximum Gasteiger partial charge on any atom is 0.0874 e. The molecule has 0 aliphatic rings. The van der Waals surface area contributed by atoms with E-state index in [0.717, 1.165) is 22.5 Å². The summed E-state index contributed by atoms with van der Waals surface area (Å²) in [6, 6.07) is 15.5. The first-order valence-electron chi connectivity index (χ1n) is 8.30. The predicted molar refractivity (Wildman–Crippen MR) is 100 cm³/mol. The molecule has 0 aliphatic heterocycles. The van der Waals surface area contributed by atoms with E-state index in [4.69, 9.17) is 10.2 Å². The highest BCUT2D eigenvalue weighted by Crippen LogP contribution is 2.25. The van der Waals surface area contributed by atoms with Gasteiger partial charge in [0.05, 0.1) is 37.7 Å². The second kappa shape index (κ2) is 10.2. The van der Waals surface area contributed by atoms with Crippen molar-refractivity contribution in [3.05, 3.63) is 48.5 Å². The fraction of sp³-hybridized carbons (Fsp3) is 0.333. The summed E-state index contributed by atoms with van der Waals surface area (Å²) >= 11 is 0. The molecule has 26 heavy (non-hydrogen) atoms. The van der Waals surface area contributed by atoms with Crippen LogP contribution in [-0.4, -0.2) is 60.6 Å². The minimum Gasteiger partial charge on any atom is -0.394 e. The number of rotatable bonds is 9. The Kier molecular flexibility index (Phi) is 7.66. The van der Waals surface area contributed by atoms with Crippen LogP contribution in [-0.2, 0) is 0 Å². The van der Waals surface area contributed by atoms with Gasteiger partial charge in [0.2, 0.25) is 0 Å². The topological polar surface area (TPSA) is 96.4 Å². The highest BCUT2D eigenvalue weighted by atomic mass is 16.3. The molecule has 0 saturated heterocycles. The zero-order valence-corrected chi connectivity index (χ0v) is 15.0. The lowest BCUT2D eigenvalue weighted by atomic mass is 10.1. The number of hydrogen-bond donors (Lipinski definition) is 2. The van der Waals surface area contributed by atoms with E-state index in [1.165, 1.54) is 0 Å². The molecule has 2 rings (SSSR count). The van der Waals surface area contributed by atoms with Crippen LogP contribution >= 0.6 is 0 Å². The fourth-order valence-corrected chi connectivity index (χ4v) is 2.08. The molecule has 0 unspecified atom stereocenters. The van der Waals surface area contributed by atoms with Crippen LogP contribution in [0.1, 0.15) is 0 Å². The van der Waals surface area contributed by atoms with Crippen molar-refractivity contribution in [3.63, 3.8) is 0 Å². The van der Waals surface area contributed by atoms with Crippen LogP contribution in [0.25, 0.3) is 11.1 Å². The largest absolute Gasteiger partial charge is 0.394 e. The SMILES string of the molecule is CN(CCO)N=Nc1ccc(-c2ccc(N=NN(C)CCO)cc2)cc1. The lowest BCUT2D eigenvalue weighted by Gasteiger charge is -2.08. The van der Waals surface area contributed by atoms with Gasteiger partial charge in [-0.2, -0.15) is 0 Å². The van der Waals surface area contributed by atoms with Crippen LogP contribution in [0.3, 0.4) is 0 Å². The molecule has 0 bridgehead atoms. The van der Waals surface area contributed by atoms with Crippen molar-refractivity contribution in [3.8, 4) is 11.1 Å². The van der Waals surface area contributed by atoms with Crippen LogP contribution in [0.15, 0.2) is 69.2 Å². The van der Waals surface area contributed by atoms with Crippen molar-refractivity contribution in [2.24, 2.45) is 20.7 Å². The van der Waals surface area contributed by atoms with Crippen LogP contribution in [0, 0.1) is 0 Å². The Bertz CT molecular complexity index is 652. The molecule has 0 radical (unpaired) electrons. The molecule has 0 atom stereocenters. The highest BCUT2D eigenvalue weighted by Gasteiger charge is 2.00. The molecule has 138 valence electrons. The molecule has 0 saturated carbocycles. The molecule has 0 aliphatic carbocycles. The second-order valence-electron chi connectivity index (χ2n) is 5.68. The second-order valence-corrected chi connectivity index (χ2v) is 5.68. The highest BCUT2D eigenvalue weighted by molar-refractivity contribution is 5.66. The number of likely N-dealkylation sites (N-methyl/N-ethyl adjacent to an activating group) is 2. The van der Waals surface area contributed by atoms with Gasteiger partial charge in [-0.1, -0.05) is 34.7 Å². The van der Waals surface area contributed by atoms with Crippen LogP contribution in [0.5, 0.6) is 0 Å². The summed E-state index contributed by atoms with van der Waals surface area (Å²) in [5.41, 5.74) is 3.62. The number of aliphatic hydroxyl groups is 2. The molecular formula is C18H24N6O2. The molecule has 0 heterocycles. The third-order valence-corrected chi connectivity index (χ3v) is 3.54. The Labute approximate surface area is 153 Å².